The standard InChI is InChI=1S/C16H15F2N3O2/c1-21(2)11-8-6-10(7-9-11)19-15(22)16(23)20-14-12(17)4-3-5-13(14)18/h3-9H,1-2H3,(H,19,22)(H,20,23). The molecular weight excluding hydrogens is 304 g/mol. The molecule has 2 aromatic carbocycles. The highest BCUT2D eigenvalue weighted by molar-refractivity contribution is 6.43. The third-order valence-electron chi connectivity index (χ3n) is 3.05. The van der Waals surface area contributed by atoms with Crippen LogP contribution in [0, 0.1) is 11.6 Å². The molecule has 0 saturated heterocycles. The molecule has 120 valence electrons. The van der Waals surface area contributed by atoms with Crippen LogP contribution in [0.2, 0.25) is 0 Å². The first-order chi connectivity index (χ1) is 10.9. The van der Waals surface area contributed by atoms with Gasteiger partial charge in [-0.1, -0.05) is 6.07 Å². The molecule has 2 rings (SSSR count). The number of hydrogen-bond donors (Lipinski definition) is 2. The first-order valence-electron chi connectivity index (χ1n) is 6.72. The van der Waals surface area contributed by atoms with E-state index in [9.17, 15) is 18.4 Å². The number of hydrogen-bond acceptors (Lipinski definition) is 3. The van der Waals surface area contributed by atoms with Gasteiger partial charge in [-0.15, -0.1) is 0 Å². The summed E-state index contributed by atoms with van der Waals surface area (Å²) < 4.78 is 26.9. The van der Waals surface area contributed by atoms with E-state index in [2.05, 4.69) is 5.32 Å². The molecule has 7 heteroatoms. The van der Waals surface area contributed by atoms with Gasteiger partial charge in [-0.3, -0.25) is 9.59 Å². The summed E-state index contributed by atoms with van der Waals surface area (Å²) in [4.78, 5) is 25.4. The maximum absolute atomic E-state index is 13.4. The smallest absolute Gasteiger partial charge is 0.314 e. The summed E-state index contributed by atoms with van der Waals surface area (Å²) in [7, 11) is 3.73. The van der Waals surface area contributed by atoms with Crippen LogP contribution in [0.5, 0.6) is 0 Å². The van der Waals surface area contributed by atoms with Gasteiger partial charge in [-0.05, 0) is 36.4 Å². The summed E-state index contributed by atoms with van der Waals surface area (Å²) in [6, 6.07) is 9.86. The van der Waals surface area contributed by atoms with Crippen molar-refractivity contribution in [3.63, 3.8) is 0 Å². The summed E-state index contributed by atoms with van der Waals surface area (Å²) in [5, 5.41) is 4.27. The van der Waals surface area contributed by atoms with Crippen molar-refractivity contribution in [3.05, 3.63) is 54.1 Å². The Bertz CT molecular complexity index is 710. The van der Waals surface area contributed by atoms with E-state index in [1.54, 1.807) is 24.3 Å². The van der Waals surface area contributed by atoms with E-state index < -0.39 is 29.1 Å². The number of amides is 2. The third kappa shape index (κ3) is 4.03. The van der Waals surface area contributed by atoms with E-state index in [1.165, 1.54) is 0 Å². The average Bonchev–Trinajstić information content (AvgIpc) is 2.51. The van der Waals surface area contributed by atoms with E-state index in [-0.39, 0.29) is 0 Å². The lowest BCUT2D eigenvalue weighted by molar-refractivity contribution is -0.133. The summed E-state index contributed by atoms with van der Waals surface area (Å²) in [5.74, 6) is -4.10. The van der Waals surface area contributed by atoms with Gasteiger partial charge in [0.15, 0.2) is 0 Å². The Morgan fingerprint density at radius 2 is 1.39 bits per heavy atom. The number of rotatable bonds is 3. The second-order valence-corrected chi connectivity index (χ2v) is 4.95. The van der Waals surface area contributed by atoms with Crippen LogP contribution in [-0.4, -0.2) is 25.9 Å². The molecule has 0 unspecified atom stereocenters. The zero-order valence-corrected chi connectivity index (χ0v) is 12.6. The Morgan fingerprint density at radius 3 is 1.91 bits per heavy atom. The second-order valence-electron chi connectivity index (χ2n) is 4.95. The van der Waals surface area contributed by atoms with Crippen molar-refractivity contribution >= 4 is 28.9 Å². The molecule has 0 aliphatic carbocycles. The van der Waals surface area contributed by atoms with Crippen molar-refractivity contribution < 1.29 is 18.4 Å². The molecule has 0 aromatic heterocycles. The van der Waals surface area contributed by atoms with Crippen LogP contribution >= 0.6 is 0 Å². The predicted octanol–water partition coefficient (Wildman–Crippen LogP) is 2.61. The molecule has 5 nitrogen and oxygen atoms in total. The minimum Gasteiger partial charge on any atom is -0.378 e. The monoisotopic (exact) mass is 319 g/mol. The zero-order valence-electron chi connectivity index (χ0n) is 12.6. The van der Waals surface area contributed by atoms with Gasteiger partial charge < -0.3 is 15.5 Å². The van der Waals surface area contributed by atoms with Gasteiger partial charge >= 0.3 is 11.8 Å². The average molecular weight is 319 g/mol. The summed E-state index contributed by atoms with van der Waals surface area (Å²) in [6.07, 6.45) is 0. The Balaban J connectivity index is 2.04. The number of halogens is 2. The lowest BCUT2D eigenvalue weighted by Gasteiger charge is -2.13. The Kier molecular flexibility index (Phi) is 4.90. The molecule has 0 fully saturated rings. The molecule has 0 saturated carbocycles. The minimum absolute atomic E-state index is 0.393. The molecule has 2 amide bonds. The van der Waals surface area contributed by atoms with Crippen LogP contribution in [-0.2, 0) is 9.59 Å². The van der Waals surface area contributed by atoms with Gasteiger partial charge in [0, 0.05) is 25.5 Å². The van der Waals surface area contributed by atoms with Crippen LogP contribution in [0.3, 0.4) is 0 Å². The predicted molar refractivity (Wildman–Crippen MR) is 84.4 cm³/mol. The molecule has 0 aliphatic heterocycles. The van der Waals surface area contributed by atoms with Gasteiger partial charge in [0.25, 0.3) is 0 Å². The Labute approximate surface area is 131 Å². The second kappa shape index (κ2) is 6.87. The summed E-state index contributed by atoms with van der Waals surface area (Å²) >= 11 is 0. The number of carbonyl (C=O) groups excluding carboxylic acids is 2. The number of para-hydroxylation sites is 1. The fourth-order valence-corrected chi connectivity index (χ4v) is 1.82. The van der Waals surface area contributed by atoms with Crippen LogP contribution in [0.25, 0.3) is 0 Å². The number of nitrogens with zero attached hydrogens (tertiary/aromatic N) is 1. The van der Waals surface area contributed by atoms with Crippen molar-refractivity contribution in [2.45, 2.75) is 0 Å². The van der Waals surface area contributed by atoms with Crippen LogP contribution in [0.1, 0.15) is 0 Å². The summed E-state index contributed by atoms with van der Waals surface area (Å²) in [5.41, 5.74) is 0.654. The van der Waals surface area contributed by atoms with E-state index in [0.29, 0.717) is 5.69 Å². The number of nitrogens with one attached hydrogen (secondary N) is 2. The van der Waals surface area contributed by atoms with Gasteiger partial charge in [-0.2, -0.15) is 0 Å². The highest BCUT2D eigenvalue weighted by Gasteiger charge is 2.18. The van der Waals surface area contributed by atoms with Crippen LogP contribution < -0.4 is 15.5 Å². The highest BCUT2D eigenvalue weighted by atomic mass is 19.1. The molecular formula is C16H15F2N3O2. The van der Waals surface area contributed by atoms with E-state index in [1.807, 2.05) is 24.3 Å². The van der Waals surface area contributed by atoms with Crippen molar-refractivity contribution in [1.82, 2.24) is 0 Å². The van der Waals surface area contributed by atoms with Crippen molar-refractivity contribution in [2.75, 3.05) is 29.6 Å². The maximum atomic E-state index is 13.4. The van der Waals surface area contributed by atoms with Crippen LogP contribution in [0.4, 0.5) is 25.8 Å². The molecule has 0 radical (unpaired) electrons. The van der Waals surface area contributed by atoms with E-state index in [0.717, 1.165) is 23.9 Å². The first-order valence-corrected chi connectivity index (χ1v) is 6.72. The third-order valence-corrected chi connectivity index (χ3v) is 3.05. The normalized spacial score (nSPS) is 10.1. The number of benzene rings is 2. The van der Waals surface area contributed by atoms with Gasteiger partial charge in [0.1, 0.15) is 17.3 Å². The minimum atomic E-state index is -1.16. The van der Waals surface area contributed by atoms with E-state index in [4.69, 9.17) is 0 Å². The zero-order chi connectivity index (χ0) is 17.0. The van der Waals surface area contributed by atoms with E-state index >= 15 is 0 Å². The molecule has 2 N–H and O–H groups in total. The van der Waals surface area contributed by atoms with Gasteiger partial charge in [0.2, 0.25) is 0 Å². The lowest BCUT2D eigenvalue weighted by Crippen LogP contribution is -2.29. The molecule has 0 atom stereocenters. The van der Waals surface area contributed by atoms with Crippen molar-refractivity contribution in [2.24, 2.45) is 0 Å². The molecule has 23 heavy (non-hydrogen) atoms. The highest BCUT2D eigenvalue weighted by Crippen LogP contribution is 2.18. The fourth-order valence-electron chi connectivity index (χ4n) is 1.82. The van der Waals surface area contributed by atoms with Gasteiger partial charge in [0.05, 0.1) is 0 Å². The Hall–Kier alpha value is -2.96. The molecule has 2 aromatic rings. The lowest BCUT2D eigenvalue weighted by atomic mass is 10.2. The number of carbonyl (C=O) groups is 2. The van der Waals surface area contributed by atoms with Crippen LogP contribution in [0.15, 0.2) is 42.5 Å². The van der Waals surface area contributed by atoms with Crippen molar-refractivity contribution in [3.8, 4) is 0 Å². The van der Waals surface area contributed by atoms with Crippen molar-refractivity contribution in [1.29, 1.82) is 0 Å². The first kappa shape index (κ1) is 16.4. The fraction of sp³-hybridized carbons (Fsp3) is 0.125. The molecule has 0 spiro atoms. The Morgan fingerprint density at radius 1 is 0.870 bits per heavy atom. The quantitative estimate of drug-likeness (QED) is 0.855. The molecule has 0 heterocycles. The number of anilines is 3. The topological polar surface area (TPSA) is 61.4 Å². The molecule has 0 bridgehead atoms. The van der Waals surface area contributed by atoms with Gasteiger partial charge in [-0.25, -0.2) is 8.78 Å². The maximum Gasteiger partial charge on any atom is 0.314 e. The largest absolute Gasteiger partial charge is 0.378 e. The summed E-state index contributed by atoms with van der Waals surface area (Å²) in [6.45, 7) is 0. The SMILES string of the molecule is CN(C)c1ccc(NC(=O)C(=O)Nc2c(F)cccc2F)cc1. The molecule has 0 aliphatic rings.